The molecule has 0 unspecified atom stereocenters. The standard InChI is InChI=1S/C17H16N4O4S3/c1-2-21-15(11-5-3-7-26-11)19-20-17(21)28-10-14(23)25-9-13(22)18-16(24)12-6-4-8-27-12/h3-8H,2,9-10H2,1H3,(H,18,22,24). The molecule has 0 saturated heterocycles. The van der Waals surface area contributed by atoms with Gasteiger partial charge in [-0.15, -0.1) is 32.9 Å². The summed E-state index contributed by atoms with van der Waals surface area (Å²) in [5.74, 6) is -1.03. The number of imide groups is 1. The Morgan fingerprint density at radius 1 is 1.18 bits per heavy atom. The Morgan fingerprint density at radius 3 is 2.64 bits per heavy atom. The number of rotatable bonds is 8. The first-order chi connectivity index (χ1) is 13.6. The Balaban J connectivity index is 1.47. The first-order valence-corrected chi connectivity index (χ1v) is 11.0. The lowest BCUT2D eigenvalue weighted by molar-refractivity contribution is -0.145. The van der Waals surface area contributed by atoms with E-state index in [1.54, 1.807) is 28.8 Å². The van der Waals surface area contributed by atoms with Gasteiger partial charge in [-0.05, 0) is 29.8 Å². The van der Waals surface area contributed by atoms with Gasteiger partial charge in [0, 0.05) is 6.54 Å². The molecule has 8 nitrogen and oxygen atoms in total. The van der Waals surface area contributed by atoms with Crippen LogP contribution in [0, 0.1) is 0 Å². The summed E-state index contributed by atoms with van der Waals surface area (Å²) < 4.78 is 6.83. The number of esters is 1. The van der Waals surface area contributed by atoms with Crippen LogP contribution < -0.4 is 5.32 Å². The van der Waals surface area contributed by atoms with Gasteiger partial charge in [0.05, 0.1) is 15.5 Å². The van der Waals surface area contributed by atoms with Crippen LogP contribution in [-0.4, -0.2) is 44.9 Å². The van der Waals surface area contributed by atoms with E-state index >= 15 is 0 Å². The minimum Gasteiger partial charge on any atom is -0.455 e. The number of thioether (sulfide) groups is 1. The third-order valence-electron chi connectivity index (χ3n) is 3.46. The Hall–Kier alpha value is -2.50. The summed E-state index contributed by atoms with van der Waals surface area (Å²) in [6.45, 7) is 2.11. The van der Waals surface area contributed by atoms with Crippen molar-refractivity contribution in [3.05, 3.63) is 39.9 Å². The van der Waals surface area contributed by atoms with Crippen molar-refractivity contribution in [2.75, 3.05) is 12.4 Å². The second-order valence-corrected chi connectivity index (χ2v) is 8.17. The van der Waals surface area contributed by atoms with Crippen molar-refractivity contribution < 1.29 is 19.1 Å². The van der Waals surface area contributed by atoms with Gasteiger partial charge in [-0.3, -0.25) is 19.7 Å². The second kappa shape index (κ2) is 9.62. The predicted molar refractivity (Wildman–Crippen MR) is 107 cm³/mol. The van der Waals surface area contributed by atoms with Gasteiger partial charge in [0.1, 0.15) is 0 Å². The number of nitrogens with one attached hydrogen (secondary N) is 1. The fourth-order valence-electron chi connectivity index (χ4n) is 2.21. The smallest absolute Gasteiger partial charge is 0.316 e. The summed E-state index contributed by atoms with van der Waals surface area (Å²) in [5, 5.41) is 14.8. The van der Waals surface area contributed by atoms with E-state index in [9.17, 15) is 14.4 Å². The SMILES string of the molecule is CCn1c(SCC(=O)OCC(=O)NC(=O)c2cccs2)nnc1-c1cccs1. The van der Waals surface area contributed by atoms with E-state index in [1.807, 2.05) is 29.0 Å². The van der Waals surface area contributed by atoms with Crippen LogP contribution in [0.4, 0.5) is 0 Å². The maximum absolute atomic E-state index is 11.9. The minimum atomic E-state index is -0.673. The molecule has 0 aromatic carbocycles. The van der Waals surface area contributed by atoms with Gasteiger partial charge in [-0.1, -0.05) is 23.9 Å². The second-order valence-electron chi connectivity index (χ2n) is 5.33. The molecule has 0 spiro atoms. The Kier molecular flexibility index (Phi) is 6.95. The van der Waals surface area contributed by atoms with Crippen LogP contribution in [0.25, 0.3) is 10.7 Å². The number of carbonyl (C=O) groups excluding carboxylic acids is 3. The summed E-state index contributed by atoms with van der Waals surface area (Å²) >= 11 is 3.96. The number of carbonyl (C=O) groups is 3. The molecule has 0 atom stereocenters. The Bertz CT molecular complexity index is 951. The number of hydrogen-bond donors (Lipinski definition) is 1. The van der Waals surface area contributed by atoms with E-state index in [0.29, 0.717) is 16.6 Å². The molecule has 0 aliphatic carbocycles. The lowest BCUT2D eigenvalue weighted by Gasteiger charge is -2.07. The first kappa shape index (κ1) is 20.2. The van der Waals surface area contributed by atoms with E-state index in [2.05, 4.69) is 15.5 Å². The number of aromatic nitrogens is 3. The van der Waals surface area contributed by atoms with E-state index in [-0.39, 0.29) is 5.75 Å². The molecule has 28 heavy (non-hydrogen) atoms. The molecule has 0 aliphatic rings. The topological polar surface area (TPSA) is 103 Å². The van der Waals surface area contributed by atoms with Crippen LogP contribution in [0.1, 0.15) is 16.6 Å². The van der Waals surface area contributed by atoms with Crippen LogP contribution in [0.5, 0.6) is 0 Å². The molecular formula is C17H16N4O4S3. The molecule has 3 heterocycles. The number of ether oxygens (including phenoxy) is 1. The van der Waals surface area contributed by atoms with Gasteiger partial charge in [0.15, 0.2) is 17.6 Å². The lowest BCUT2D eigenvalue weighted by Crippen LogP contribution is -2.33. The number of thiophene rings is 2. The molecule has 3 rings (SSSR count). The van der Waals surface area contributed by atoms with Gasteiger partial charge < -0.3 is 9.30 Å². The zero-order valence-electron chi connectivity index (χ0n) is 14.8. The maximum Gasteiger partial charge on any atom is 0.316 e. The van der Waals surface area contributed by atoms with E-state index in [4.69, 9.17) is 4.74 Å². The minimum absolute atomic E-state index is 0.0191. The first-order valence-electron chi connectivity index (χ1n) is 8.21. The largest absolute Gasteiger partial charge is 0.455 e. The Morgan fingerprint density at radius 2 is 1.96 bits per heavy atom. The molecule has 0 bridgehead atoms. The highest BCUT2D eigenvalue weighted by atomic mass is 32.2. The third kappa shape index (κ3) is 5.06. The maximum atomic E-state index is 11.9. The highest BCUT2D eigenvalue weighted by Gasteiger charge is 2.17. The predicted octanol–water partition coefficient (Wildman–Crippen LogP) is 2.68. The quantitative estimate of drug-likeness (QED) is 0.428. The molecule has 3 aromatic rings. The fourth-order valence-corrected chi connectivity index (χ4v) is 4.35. The van der Waals surface area contributed by atoms with Crippen molar-refractivity contribution in [1.82, 2.24) is 20.1 Å². The van der Waals surface area contributed by atoms with E-state index in [0.717, 1.165) is 10.7 Å². The molecule has 0 fully saturated rings. The van der Waals surface area contributed by atoms with Crippen LogP contribution >= 0.6 is 34.4 Å². The summed E-state index contributed by atoms with van der Waals surface area (Å²) in [4.78, 5) is 36.8. The normalized spacial score (nSPS) is 10.6. The molecule has 3 aromatic heterocycles. The fraction of sp³-hybridized carbons (Fsp3) is 0.235. The molecule has 2 amide bonds. The highest BCUT2D eigenvalue weighted by Crippen LogP contribution is 2.27. The monoisotopic (exact) mass is 436 g/mol. The van der Waals surface area contributed by atoms with Crippen molar-refractivity contribution in [3.8, 4) is 10.7 Å². The molecule has 0 saturated carbocycles. The highest BCUT2D eigenvalue weighted by molar-refractivity contribution is 7.99. The number of hydrogen-bond acceptors (Lipinski definition) is 9. The summed E-state index contributed by atoms with van der Waals surface area (Å²) in [5.41, 5.74) is 0. The average Bonchev–Trinajstić information content (AvgIpc) is 3.45. The molecule has 11 heteroatoms. The van der Waals surface area contributed by atoms with E-state index < -0.39 is 24.4 Å². The summed E-state index contributed by atoms with van der Waals surface area (Å²) in [6, 6.07) is 7.21. The van der Waals surface area contributed by atoms with Crippen LogP contribution in [0.15, 0.2) is 40.2 Å². The van der Waals surface area contributed by atoms with Gasteiger partial charge in [-0.25, -0.2) is 0 Å². The van der Waals surface area contributed by atoms with Crippen molar-refractivity contribution in [2.24, 2.45) is 0 Å². The Labute approximate surface area is 172 Å². The molecule has 0 aliphatic heterocycles. The van der Waals surface area contributed by atoms with Crippen LogP contribution in [-0.2, 0) is 20.9 Å². The molecule has 0 radical (unpaired) electrons. The van der Waals surface area contributed by atoms with Gasteiger partial charge in [0.2, 0.25) is 0 Å². The summed E-state index contributed by atoms with van der Waals surface area (Å²) in [6.07, 6.45) is 0. The van der Waals surface area contributed by atoms with Gasteiger partial charge >= 0.3 is 5.97 Å². The van der Waals surface area contributed by atoms with Gasteiger partial charge in [0.25, 0.3) is 11.8 Å². The number of nitrogens with zero attached hydrogens (tertiary/aromatic N) is 3. The zero-order chi connectivity index (χ0) is 19.9. The summed E-state index contributed by atoms with van der Waals surface area (Å²) in [7, 11) is 0. The van der Waals surface area contributed by atoms with Crippen molar-refractivity contribution >= 4 is 52.2 Å². The van der Waals surface area contributed by atoms with Crippen molar-refractivity contribution in [1.29, 1.82) is 0 Å². The van der Waals surface area contributed by atoms with E-state index in [1.165, 1.54) is 23.1 Å². The molecular weight excluding hydrogens is 420 g/mol. The van der Waals surface area contributed by atoms with Gasteiger partial charge in [-0.2, -0.15) is 0 Å². The third-order valence-corrected chi connectivity index (χ3v) is 6.13. The molecule has 146 valence electrons. The lowest BCUT2D eigenvalue weighted by atomic mass is 10.4. The van der Waals surface area contributed by atoms with Crippen molar-refractivity contribution in [3.63, 3.8) is 0 Å². The van der Waals surface area contributed by atoms with Crippen LogP contribution in [0.3, 0.4) is 0 Å². The van der Waals surface area contributed by atoms with Crippen LogP contribution in [0.2, 0.25) is 0 Å². The number of amides is 2. The molecule has 1 N–H and O–H groups in total. The zero-order valence-corrected chi connectivity index (χ0v) is 17.2. The average molecular weight is 437 g/mol. The van der Waals surface area contributed by atoms with Crippen molar-refractivity contribution in [2.45, 2.75) is 18.6 Å².